The van der Waals surface area contributed by atoms with E-state index in [1.54, 1.807) is 0 Å². The summed E-state index contributed by atoms with van der Waals surface area (Å²) < 4.78 is 0. The Bertz CT molecular complexity index is 2690. The highest BCUT2D eigenvalue weighted by molar-refractivity contribution is 5.95. The van der Waals surface area contributed by atoms with Crippen LogP contribution in [0.3, 0.4) is 0 Å². The van der Waals surface area contributed by atoms with E-state index in [2.05, 4.69) is 196 Å². The molecule has 0 saturated heterocycles. The number of anilines is 3. The van der Waals surface area contributed by atoms with Crippen molar-refractivity contribution in [3.63, 3.8) is 0 Å². The van der Waals surface area contributed by atoms with Crippen LogP contribution in [0.2, 0.25) is 0 Å². The van der Waals surface area contributed by atoms with E-state index < -0.39 is 0 Å². The molecule has 2 aliphatic carbocycles. The van der Waals surface area contributed by atoms with Crippen molar-refractivity contribution < 1.29 is 0 Å². The Morgan fingerprint density at radius 2 is 0.824 bits per heavy atom. The van der Waals surface area contributed by atoms with Crippen LogP contribution < -0.4 is 4.90 Å². The first kappa shape index (κ1) is 29.9. The maximum atomic E-state index is 2.45. The lowest BCUT2D eigenvalue weighted by atomic mass is 9.82. The minimum atomic E-state index is -0.0878. The van der Waals surface area contributed by atoms with Gasteiger partial charge in [0.15, 0.2) is 0 Å². The first-order valence-electron chi connectivity index (χ1n) is 18.1. The van der Waals surface area contributed by atoms with Crippen LogP contribution in [0, 0.1) is 0 Å². The van der Waals surface area contributed by atoms with E-state index in [1.807, 2.05) is 0 Å². The average Bonchev–Trinajstić information content (AvgIpc) is 3.52. The molecule has 0 radical (unpaired) electrons. The Balaban J connectivity index is 1.14. The third-order valence-electron chi connectivity index (χ3n) is 11.8. The summed E-state index contributed by atoms with van der Waals surface area (Å²) in [5.74, 6) is 0. The van der Waals surface area contributed by atoms with Crippen molar-refractivity contribution in [2.75, 3.05) is 4.90 Å². The molecule has 0 heterocycles. The molecule has 0 N–H and O–H groups in total. The van der Waals surface area contributed by atoms with Crippen molar-refractivity contribution in [2.24, 2.45) is 0 Å². The van der Waals surface area contributed by atoms with Gasteiger partial charge in [-0.25, -0.2) is 0 Å². The summed E-state index contributed by atoms with van der Waals surface area (Å²) in [7, 11) is 0. The second-order valence-corrected chi connectivity index (χ2v) is 15.4. The zero-order valence-corrected chi connectivity index (χ0v) is 29.5. The smallest absolute Gasteiger partial charge is 0.0468 e. The molecule has 0 aromatic heterocycles. The molecule has 10 rings (SSSR count). The van der Waals surface area contributed by atoms with E-state index in [4.69, 9.17) is 0 Å². The Labute approximate surface area is 300 Å². The SMILES string of the molecule is CC1(C)c2ccccc2-c2ccc(N(c3ccc(-c4ccc5ccccc5c4)cc3)c3ccc4c(c3)-c3cc5ccccc5cc3C4(C)C)cc21. The monoisotopic (exact) mass is 653 g/mol. The number of hydrogen-bond acceptors (Lipinski definition) is 1. The largest absolute Gasteiger partial charge is 0.310 e. The lowest BCUT2D eigenvalue weighted by Crippen LogP contribution is -2.17. The lowest BCUT2D eigenvalue weighted by Gasteiger charge is -2.29. The molecule has 0 amide bonds. The van der Waals surface area contributed by atoms with E-state index in [1.165, 1.54) is 82.9 Å². The highest BCUT2D eigenvalue weighted by atomic mass is 15.1. The molecular weight excluding hydrogens is 615 g/mol. The van der Waals surface area contributed by atoms with Crippen molar-refractivity contribution in [2.45, 2.75) is 38.5 Å². The van der Waals surface area contributed by atoms with Crippen molar-refractivity contribution in [1.82, 2.24) is 0 Å². The predicted octanol–water partition coefficient (Wildman–Crippen LogP) is 13.7. The lowest BCUT2D eigenvalue weighted by molar-refractivity contribution is 0.660. The van der Waals surface area contributed by atoms with Gasteiger partial charge in [0, 0.05) is 27.9 Å². The van der Waals surface area contributed by atoms with Crippen LogP contribution in [0.4, 0.5) is 17.1 Å². The second-order valence-electron chi connectivity index (χ2n) is 15.4. The molecule has 51 heavy (non-hydrogen) atoms. The highest BCUT2D eigenvalue weighted by Gasteiger charge is 2.38. The predicted molar refractivity (Wildman–Crippen MR) is 217 cm³/mol. The van der Waals surface area contributed by atoms with E-state index in [0.717, 1.165) is 11.4 Å². The summed E-state index contributed by atoms with van der Waals surface area (Å²) >= 11 is 0. The van der Waals surface area contributed by atoms with Gasteiger partial charge >= 0.3 is 0 Å². The van der Waals surface area contributed by atoms with Crippen LogP contribution in [-0.4, -0.2) is 0 Å². The number of hydrogen-bond donors (Lipinski definition) is 0. The van der Waals surface area contributed by atoms with E-state index in [9.17, 15) is 0 Å². The first-order chi connectivity index (χ1) is 24.8. The number of fused-ring (bicyclic) bond motifs is 8. The van der Waals surface area contributed by atoms with Gasteiger partial charge in [-0.15, -0.1) is 0 Å². The van der Waals surface area contributed by atoms with Crippen molar-refractivity contribution >= 4 is 38.6 Å². The van der Waals surface area contributed by atoms with Crippen molar-refractivity contribution in [1.29, 1.82) is 0 Å². The molecule has 0 saturated carbocycles. The summed E-state index contributed by atoms with van der Waals surface area (Å²) in [6, 6.07) is 61.2. The van der Waals surface area contributed by atoms with Gasteiger partial charge in [-0.2, -0.15) is 0 Å². The summed E-state index contributed by atoms with van der Waals surface area (Å²) in [6.45, 7) is 9.47. The number of rotatable bonds is 4. The quantitative estimate of drug-likeness (QED) is 0.183. The maximum absolute atomic E-state index is 2.45. The minimum Gasteiger partial charge on any atom is -0.310 e. The molecule has 0 bridgehead atoms. The normalized spacial score (nSPS) is 14.6. The van der Waals surface area contributed by atoms with Crippen LogP contribution in [0.25, 0.3) is 54.9 Å². The second kappa shape index (κ2) is 10.8. The van der Waals surface area contributed by atoms with Crippen LogP contribution in [0.1, 0.15) is 49.9 Å². The fraction of sp³-hybridized carbons (Fsp3) is 0.120. The van der Waals surface area contributed by atoms with Crippen LogP contribution in [0.5, 0.6) is 0 Å². The third-order valence-corrected chi connectivity index (χ3v) is 11.8. The first-order valence-corrected chi connectivity index (χ1v) is 18.1. The molecule has 8 aromatic rings. The van der Waals surface area contributed by atoms with E-state index in [0.29, 0.717) is 0 Å². The van der Waals surface area contributed by atoms with Crippen molar-refractivity contribution in [3.8, 4) is 33.4 Å². The molecule has 8 aromatic carbocycles. The zero-order valence-electron chi connectivity index (χ0n) is 29.5. The zero-order chi connectivity index (χ0) is 34.5. The Morgan fingerprint density at radius 1 is 0.314 bits per heavy atom. The average molecular weight is 654 g/mol. The van der Waals surface area contributed by atoms with Gasteiger partial charge in [0.1, 0.15) is 0 Å². The van der Waals surface area contributed by atoms with Gasteiger partial charge in [0.25, 0.3) is 0 Å². The van der Waals surface area contributed by atoms with E-state index in [-0.39, 0.29) is 10.8 Å². The Kier molecular flexibility index (Phi) is 6.34. The van der Waals surface area contributed by atoms with Crippen LogP contribution in [-0.2, 0) is 10.8 Å². The minimum absolute atomic E-state index is 0.0804. The standard InChI is InChI=1S/C50H39N/c1-49(2)45-16-10-9-15-41(45)42-25-23-40(31-48(42)49)51(38-21-19-33(20-22-38)37-18-17-32-11-5-6-12-34(32)27-37)39-24-26-46-44(30-39)43-28-35-13-7-8-14-36(35)29-47(43)50(46,3)4/h5-31H,1-4H3. The van der Waals surface area contributed by atoms with Crippen molar-refractivity contribution in [3.05, 3.63) is 186 Å². The molecule has 0 atom stereocenters. The molecular formula is C50H39N. The fourth-order valence-electron chi connectivity index (χ4n) is 9.01. The number of nitrogens with zero attached hydrogens (tertiary/aromatic N) is 1. The van der Waals surface area contributed by atoms with Gasteiger partial charge < -0.3 is 4.90 Å². The highest BCUT2D eigenvalue weighted by Crippen LogP contribution is 2.53. The van der Waals surface area contributed by atoms with Gasteiger partial charge in [0.2, 0.25) is 0 Å². The Morgan fingerprint density at radius 3 is 1.59 bits per heavy atom. The van der Waals surface area contributed by atoms with Gasteiger partial charge in [0.05, 0.1) is 0 Å². The summed E-state index contributed by atoms with van der Waals surface area (Å²) in [4.78, 5) is 2.45. The maximum Gasteiger partial charge on any atom is 0.0468 e. The summed E-state index contributed by atoms with van der Waals surface area (Å²) in [6.07, 6.45) is 0. The fourth-order valence-corrected chi connectivity index (χ4v) is 9.01. The van der Waals surface area contributed by atoms with Gasteiger partial charge in [-0.05, 0) is 132 Å². The van der Waals surface area contributed by atoms with Crippen LogP contribution >= 0.6 is 0 Å². The summed E-state index contributed by atoms with van der Waals surface area (Å²) in [5, 5.41) is 5.11. The molecule has 0 aliphatic heterocycles. The summed E-state index contributed by atoms with van der Waals surface area (Å²) in [5.41, 5.74) is 16.6. The molecule has 0 spiro atoms. The van der Waals surface area contributed by atoms with Gasteiger partial charge in [-0.3, -0.25) is 0 Å². The van der Waals surface area contributed by atoms with E-state index >= 15 is 0 Å². The molecule has 0 unspecified atom stereocenters. The van der Waals surface area contributed by atoms with Gasteiger partial charge in [-0.1, -0.05) is 137 Å². The number of benzene rings is 8. The molecule has 244 valence electrons. The molecule has 0 fully saturated rings. The Hall–Kier alpha value is -5.92. The molecule has 1 heteroatoms. The van der Waals surface area contributed by atoms with Crippen LogP contribution in [0.15, 0.2) is 164 Å². The topological polar surface area (TPSA) is 3.24 Å². The molecule has 1 nitrogen and oxygen atoms in total. The molecule has 2 aliphatic rings. The third kappa shape index (κ3) is 4.47.